The van der Waals surface area contributed by atoms with Crippen molar-refractivity contribution in [1.82, 2.24) is 15.1 Å². The molecule has 1 saturated heterocycles. The number of carbonyl (C=O) groups excluding carboxylic acids is 4. The van der Waals surface area contributed by atoms with Gasteiger partial charge in [0.25, 0.3) is 5.91 Å². The molecule has 0 aromatic heterocycles. The Morgan fingerprint density at radius 2 is 1.63 bits per heavy atom. The van der Waals surface area contributed by atoms with Gasteiger partial charge in [-0.3, -0.25) is 19.2 Å². The lowest BCUT2D eigenvalue weighted by Gasteiger charge is -2.34. The predicted octanol–water partition coefficient (Wildman–Crippen LogP) is -0.0469. The minimum atomic E-state index is -0.846. The van der Waals surface area contributed by atoms with Gasteiger partial charge in [0, 0.05) is 39.5 Å². The highest BCUT2D eigenvalue weighted by Crippen LogP contribution is 2.28. The average Bonchev–Trinajstić information content (AvgIpc) is 3.13. The quantitative estimate of drug-likeness (QED) is 0.647. The first-order chi connectivity index (χ1) is 12.8. The van der Waals surface area contributed by atoms with Crippen LogP contribution in [0.3, 0.4) is 0 Å². The third kappa shape index (κ3) is 5.94. The van der Waals surface area contributed by atoms with Crippen molar-refractivity contribution >= 4 is 23.7 Å². The molecule has 0 unspecified atom stereocenters. The van der Waals surface area contributed by atoms with Gasteiger partial charge in [-0.2, -0.15) is 5.26 Å². The lowest BCUT2D eigenvalue weighted by atomic mass is 10.00. The van der Waals surface area contributed by atoms with Gasteiger partial charge in [0.15, 0.2) is 6.61 Å². The molecule has 1 aliphatic heterocycles. The first-order valence-corrected chi connectivity index (χ1v) is 9.26. The van der Waals surface area contributed by atoms with E-state index in [2.05, 4.69) is 11.4 Å². The molecule has 0 spiro atoms. The Kier molecular flexibility index (Phi) is 7.16. The van der Waals surface area contributed by atoms with Crippen LogP contribution in [0.1, 0.15) is 45.4 Å². The monoisotopic (exact) mass is 378 g/mol. The fourth-order valence-electron chi connectivity index (χ4n) is 3.40. The van der Waals surface area contributed by atoms with E-state index in [0.29, 0.717) is 39.0 Å². The molecule has 1 N–H and O–H groups in total. The van der Waals surface area contributed by atoms with Crippen LogP contribution in [0, 0.1) is 11.3 Å². The highest BCUT2D eigenvalue weighted by Gasteiger charge is 2.35. The number of ether oxygens (including phenoxy) is 1. The van der Waals surface area contributed by atoms with Crippen LogP contribution in [0.25, 0.3) is 0 Å². The molecule has 148 valence electrons. The Bertz CT molecular complexity index is 628. The summed E-state index contributed by atoms with van der Waals surface area (Å²) in [4.78, 5) is 50.4. The van der Waals surface area contributed by atoms with Crippen molar-refractivity contribution in [1.29, 1.82) is 5.26 Å². The first kappa shape index (κ1) is 20.7. The normalized spacial score (nSPS) is 18.5. The number of nitrogens with zero attached hydrogens (tertiary/aromatic N) is 3. The van der Waals surface area contributed by atoms with E-state index in [1.165, 1.54) is 6.92 Å². The number of piperazine rings is 1. The Morgan fingerprint density at radius 1 is 1.04 bits per heavy atom. The summed E-state index contributed by atoms with van der Waals surface area (Å²) >= 11 is 0. The van der Waals surface area contributed by atoms with E-state index in [4.69, 9.17) is 4.74 Å². The standard InChI is InChI=1S/C18H26N4O5/c1-14(23)21-8-10-22(11-9-21)16(25)4-5-17(26)27-12-15(24)20-18(13-19)6-2-3-7-18/h2-12H2,1H3,(H,20,24). The third-order valence-corrected chi connectivity index (χ3v) is 5.03. The number of hydrogen-bond donors (Lipinski definition) is 1. The van der Waals surface area contributed by atoms with Crippen molar-refractivity contribution in [3.63, 3.8) is 0 Å². The summed E-state index contributed by atoms with van der Waals surface area (Å²) in [6.07, 6.45) is 2.88. The Labute approximate surface area is 158 Å². The highest BCUT2D eigenvalue weighted by atomic mass is 16.5. The van der Waals surface area contributed by atoms with Crippen molar-refractivity contribution in [2.75, 3.05) is 32.8 Å². The molecule has 0 radical (unpaired) electrons. The number of esters is 1. The Hall–Kier alpha value is -2.63. The molecule has 9 nitrogen and oxygen atoms in total. The van der Waals surface area contributed by atoms with Gasteiger partial charge in [-0.25, -0.2) is 0 Å². The maximum Gasteiger partial charge on any atom is 0.306 e. The van der Waals surface area contributed by atoms with Crippen molar-refractivity contribution in [2.24, 2.45) is 0 Å². The maximum absolute atomic E-state index is 12.1. The largest absolute Gasteiger partial charge is 0.456 e. The topological polar surface area (TPSA) is 120 Å². The van der Waals surface area contributed by atoms with E-state index in [1.807, 2.05) is 0 Å². The minimum absolute atomic E-state index is 0.00264. The van der Waals surface area contributed by atoms with Crippen LogP contribution in [-0.2, 0) is 23.9 Å². The average molecular weight is 378 g/mol. The summed E-state index contributed by atoms with van der Waals surface area (Å²) in [5.41, 5.74) is -0.846. The van der Waals surface area contributed by atoms with E-state index in [9.17, 15) is 24.4 Å². The van der Waals surface area contributed by atoms with E-state index < -0.39 is 24.0 Å². The predicted molar refractivity (Wildman–Crippen MR) is 94.0 cm³/mol. The van der Waals surface area contributed by atoms with Crippen molar-refractivity contribution < 1.29 is 23.9 Å². The first-order valence-electron chi connectivity index (χ1n) is 9.26. The van der Waals surface area contributed by atoms with Gasteiger partial charge in [0.1, 0.15) is 5.54 Å². The van der Waals surface area contributed by atoms with E-state index in [0.717, 1.165) is 12.8 Å². The van der Waals surface area contributed by atoms with Crippen LogP contribution in [-0.4, -0.2) is 71.8 Å². The molecule has 9 heteroatoms. The van der Waals surface area contributed by atoms with Crippen LogP contribution in [0.5, 0.6) is 0 Å². The number of rotatable bonds is 6. The Balaban J connectivity index is 1.64. The SMILES string of the molecule is CC(=O)N1CCN(C(=O)CCC(=O)OCC(=O)NC2(C#N)CCCC2)CC1. The molecule has 2 aliphatic rings. The van der Waals surface area contributed by atoms with E-state index >= 15 is 0 Å². The van der Waals surface area contributed by atoms with E-state index in [1.54, 1.807) is 9.80 Å². The lowest BCUT2D eigenvalue weighted by Crippen LogP contribution is -2.50. The van der Waals surface area contributed by atoms with Crippen molar-refractivity contribution in [3.05, 3.63) is 0 Å². The fourth-order valence-corrected chi connectivity index (χ4v) is 3.40. The van der Waals surface area contributed by atoms with Crippen LogP contribution in [0.2, 0.25) is 0 Å². The molecule has 1 saturated carbocycles. The van der Waals surface area contributed by atoms with Gasteiger partial charge in [-0.1, -0.05) is 0 Å². The minimum Gasteiger partial charge on any atom is -0.456 e. The van der Waals surface area contributed by atoms with Gasteiger partial charge >= 0.3 is 5.97 Å². The van der Waals surface area contributed by atoms with Crippen LogP contribution in [0.4, 0.5) is 0 Å². The summed E-state index contributed by atoms with van der Waals surface area (Å²) in [6.45, 7) is 2.93. The molecule has 1 heterocycles. The molecule has 0 aromatic carbocycles. The zero-order chi connectivity index (χ0) is 19.9. The van der Waals surface area contributed by atoms with E-state index in [-0.39, 0.29) is 24.7 Å². The zero-order valence-electron chi connectivity index (χ0n) is 15.7. The summed E-state index contributed by atoms with van der Waals surface area (Å²) in [6, 6.07) is 2.14. The molecule has 2 rings (SSSR count). The van der Waals surface area contributed by atoms with Crippen molar-refractivity contribution in [2.45, 2.75) is 51.0 Å². The summed E-state index contributed by atoms with van der Waals surface area (Å²) in [5.74, 6) is -1.31. The molecule has 0 bridgehead atoms. The Morgan fingerprint density at radius 3 is 2.19 bits per heavy atom. The number of amides is 3. The highest BCUT2D eigenvalue weighted by molar-refractivity contribution is 5.84. The molecular formula is C18H26N4O5. The third-order valence-electron chi connectivity index (χ3n) is 5.03. The second kappa shape index (κ2) is 9.35. The molecule has 0 aromatic rings. The van der Waals surface area contributed by atoms with Gasteiger partial charge in [-0.05, 0) is 25.7 Å². The summed E-state index contributed by atoms with van der Waals surface area (Å²) in [5, 5.41) is 11.9. The molecule has 1 aliphatic carbocycles. The molecule has 27 heavy (non-hydrogen) atoms. The fraction of sp³-hybridized carbons (Fsp3) is 0.722. The summed E-state index contributed by atoms with van der Waals surface area (Å²) < 4.78 is 4.91. The van der Waals surface area contributed by atoms with Crippen LogP contribution >= 0.6 is 0 Å². The number of carbonyl (C=O) groups is 4. The number of nitriles is 1. The number of hydrogen-bond acceptors (Lipinski definition) is 6. The molecule has 0 atom stereocenters. The number of nitrogens with one attached hydrogen (secondary N) is 1. The van der Waals surface area contributed by atoms with Crippen molar-refractivity contribution in [3.8, 4) is 6.07 Å². The molecule has 3 amide bonds. The molecule has 2 fully saturated rings. The molecular weight excluding hydrogens is 352 g/mol. The zero-order valence-corrected chi connectivity index (χ0v) is 15.7. The van der Waals surface area contributed by atoms with Gasteiger partial charge in [-0.15, -0.1) is 0 Å². The van der Waals surface area contributed by atoms with Crippen LogP contribution in [0.15, 0.2) is 0 Å². The maximum atomic E-state index is 12.1. The van der Waals surface area contributed by atoms with Gasteiger partial charge in [0.05, 0.1) is 12.5 Å². The summed E-state index contributed by atoms with van der Waals surface area (Å²) in [7, 11) is 0. The lowest BCUT2D eigenvalue weighted by molar-refractivity contribution is -0.150. The van der Waals surface area contributed by atoms with Crippen LogP contribution < -0.4 is 5.32 Å². The smallest absolute Gasteiger partial charge is 0.306 e. The van der Waals surface area contributed by atoms with Gasteiger partial charge < -0.3 is 19.9 Å². The second-order valence-electron chi connectivity index (χ2n) is 7.00. The van der Waals surface area contributed by atoms with Gasteiger partial charge in [0.2, 0.25) is 11.8 Å². The second-order valence-corrected chi connectivity index (χ2v) is 7.00.